The Morgan fingerprint density at radius 2 is 0.500 bits per heavy atom. The molecular weight excluding hydrogens is 673 g/mol. The largest absolute Gasteiger partial charge is 0.462 e. The zero-order chi connectivity index (χ0) is 39.4. The number of carbonyl (C=O) groups is 3. The maximum absolute atomic E-state index is 12.7. The molecule has 0 unspecified atom stereocenters. The van der Waals surface area contributed by atoms with Crippen LogP contribution in [0.4, 0.5) is 0 Å². The molecule has 0 spiro atoms. The van der Waals surface area contributed by atoms with Gasteiger partial charge in [0.2, 0.25) is 0 Å². The highest BCUT2D eigenvalue weighted by Crippen LogP contribution is 2.16. The lowest BCUT2D eigenvalue weighted by atomic mass is 10.0. The van der Waals surface area contributed by atoms with E-state index in [1.807, 2.05) is 0 Å². The monoisotopic (exact) mass is 765 g/mol. The van der Waals surface area contributed by atoms with E-state index in [9.17, 15) is 14.4 Å². The molecule has 0 amide bonds. The standard InChI is InChI=1S/C48H92O6/c1-4-7-10-13-16-19-21-23-25-27-30-33-36-39-42-48(51)54-45(43-52-46(49)40-37-34-31-28-18-15-12-9-6-3)44-53-47(50)41-38-35-32-29-26-24-22-20-17-14-11-8-5-2/h45H,4-44H2,1-3H3/t45-/m1/s1. The molecule has 6 heteroatoms. The SMILES string of the molecule is CCCCCCCCCCCCCCCCC(=O)O[C@H](COC(=O)CCCCCCCCCCC)COC(=O)CCCCCCCCCCCCCCC. The Hall–Kier alpha value is -1.59. The molecule has 0 rings (SSSR count). The van der Waals surface area contributed by atoms with E-state index in [0.29, 0.717) is 19.3 Å². The van der Waals surface area contributed by atoms with E-state index in [-0.39, 0.29) is 31.1 Å². The molecule has 0 saturated heterocycles. The molecule has 1 atom stereocenters. The first-order valence-electron chi connectivity index (χ1n) is 24.0. The predicted molar refractivity (Wildman–Crippen MR) is 229 cm³/mol. The quantitative estimate of drug-likeness (QED) is 0.0349. The number of rotatable bonds is 44. The molecule has 0 aromatic carbocycles. The molecule has 54 heavy (non-hydrogen) atoms. The van der Waals surface area contributed by atoms with Crippen LogP contribution in [0.3, 0.4) is 0 Å². The number of hydrogen-bond acceptors (Lipinski definition) is 6. The van der Waals surface area contributed by atoms with Gasteiger partial charge in [-0.2, -0.15) is 0 Å². The van der Waals surface area contributed by atoms with E-state index < -0.39 is 6.10 Å². The van der Waals surface area contributed by atoms with Gasteiger partial charge in [0.1, 0.15) is 13.2 Å². The van der Waals surface area contributed by atoms with Crippen LogP contribution in [0.25, 0.3) is 0 Å². The van der Waals surface area contributed by atoms with Crippen molar-refractivity contribution in [2.24, 2.45) is 0 Å². The lowest BCUT2D eigenvalue weighted by molar-refractivity contribution is -0.167. The third-order valence-electron chi connectivity index (χ3n) is 10.9. The van der Waals surface area contributed by atoms with Crippen LogP contribution in [0, 0.1) is 0 Å². The summed E-state index contributed by atoms with van der Waals surface area (Å²) in [6, 6.07) is 0. The summed E-state index contributed by atoms with van der Waals surface area (Å²) in [7, 11) is 0. The number of hydrogen-bond donors (Lipinski definition) is 0. The van der Waals surface area contributed by atoms with Crippen LogP contribution >= 0.6 is 0 Å². The molecule has 0 heterocycles. The molecule has 0 bridgehead atoms. The maximum Gasteiger partial charge on any atom is 0.306 e. The molecule has 0 aliphatic rings. The molecule has 0 aromatic heterocycles. The van der Waals surface area contributed by atoms with Crippen molar-refractivity contribution in [3.05, 3.63) is 0 Å². The fourth-order valence-corrected chi connectivity index (χ4v) is 7.21. The van der Waals surface area contributed by atoms with E-state index in [4.69, 9.17) is 14.2 Å². The number of esters is 3. The van der Waals surface area contributed by atoms with Crippen molar-refractivity contribution in [1.82, 2.24) is 0 Å². The Kier molecular flexibility index (Phi) is 42.8. The summed E-state index contributed by atoms with van der Waals surface area (Å²) in [5.74, 6) is -0.849. The highest BCUT2D eigenvalue weighted by atomic mass is 16.6. The summed E-state index contributed by atoms with van der Waals surface area (Å²) in [6.45, 7) is 6.65. The van der Waals surface area contributed by atoms with Crippen LogP contribution in [0.2, 0.25) is 0 Å². The smallest absolute Gasteiger partial charge is 0.306 e. The van der Waals surface area contributed by atoms with Gasteiger partial charge in [0.25, 0.3) is 0 Å². The minimum absolute atomic E-state index is 0.0624. The zero-order valence-corrected chi connectivity index (χ0v) is 36.5. The first-order chi connectivity index (χ1) is 26.5. The fraction of sp³-hybridized carbons (Fsp3) is 0.938. The van der Waals surface area contributed by atoms with E-state index in [1.165, 1.54) is 173 Å². The van der Waals surface area contributed by atoms with Gasteiger partial charge in [-0.3, -0.25) is 14.4 Å². The summed E-state index contributed by atoms with van der Waals surface area (Å²) in [4.78, 5) is 37.7. The van der Waals surface area contributed by atoms with Gasteiger partial charge >= 0.3 is 17.9 Å². The van der Waals surface area contributed by atoms with Crippen molar-refractivity contribution in [3.63, 3.8) is 0 Å². The molecule has 0 aromatic rings. The normalized spacial score (nSPS) is 11.8. The molecular formula is C48H92O6. The first kappa shape index (κ1) is 52.4. The Morgan fingerprint density at radius 3 is 0.741 bits per heavy atom. The van der Waals surface area contributed by atoms with Crippen molar-refractivity contribution in [1.29, 1.82) is 0 Å². The van der Waals surface area contributed by atoms with Gasteiger partial charge in [-0.25, -0.2) is 0 Å². The third kappa shape index (κ3) is 41.6. The lowest BCUT2D eigenvalue weighted by Crippen LogP contribution is -2.30. The van der Waals surface area contributed by atoms with Gasteiger partial charge in [-0.15, -0.1) is 0 Å². The second-order valence-corrected chi connectivity index (χ2v) is 16.4. The topological polar surface area (TPSA) is 78.9 Å². The Bertz CT molecular complexity index is 798. The summed E-state index contributed by atoms with van der Waals surface area (Å²) < 4.78 is 16.7. The second kappa shape index (κ2) is 44.1. The minimum Gasteiger partial charge on any atom is -0.462 e. The maximum atomic E-state index is 12.7. The zero-order valence-electron chi connectivity index (χ0n) is 36.5. The minimum atomic E-state index is -0.758. The third-order valence-corrected chi connectivity index (χ3v) is 10.9. The van der Waals surface area contributed by atoms with Crippen molar-refractivity contribution >= 4 is 17.9 Å². The van der Waals surface area contributed by atoms with E-state index in [2.05, 4.69) is 20.8 Å². The van der Waals surface area contributed by atoms with Gasteiger partial charge in [0.15, 0.2) is 6.10 Å². The molecule has 0 fully saturated rings. The van der Waals surface area contributed by atoms with Crippen molar-refractivity contribution in [2.75, 3.05) is 13.2 Å². The van der Waals surface area contributed by atoms with Crippen LogP contribution < -0.4 is 0 Å². The van der Waals surface area contributed by atoms with Gasteiger partial charge in [-0.05, 0) is 19.3 Å². The van der Waals surface area contributed by atoms with E-state index >= 15 is 0 Å². The molecule has 0 saturated carbocycles. The summed E-state index contributed by atoms with van der Waals surface area (Å²) in [5.41, 5.74) is 0. The van der Waals surface area contributed by atoms with Crippen LogP contribution in [0.15, 0.2) is 0 Å². The summed E-state index contributed by atoms with van der Waals surface area (Å²) in [6.07, 6.45) is 45.1. The van der Waals surface area contributed by atoms with Crippen LogP contribution in [-0.4, -0.2) is 37.2 Å². The average Bonchev–Trinajstić information content (AvgIpc) is 3.17. The van der Waals surface area contributed by atoms with Crippen molar-refractivity contribution < 1.29 is 28.6 Å². The van der Waals surface area contributed by atoms with Crippen LogP contribution in [0.5, 0.6) is 0 Å². The highest BCUT2D eigenvalue weighted by Gasteiger charge is 2.19. The van der Waals surface area contributed by atoms with Gasteiger partial charge in [0, 0.05) is 19.3 Å². The number of ether oxygens (including phenoxy) is 3. The van der Waals surface area contributed by atoms with Gasteiger partial charge in [-0.1, -0.05) is 233 Å². The number of carbonyl (C=O) groups excluding carboxylic acids is 3. The molecule has 0 aliphatic heterocycles. The Balaban J connectivity index is 4.29. The highest BCUT2D eigenvalue weighted by molar-refractivity contribution is 5.71. The van der Waals surface area contributed by atoms with Crippen LogP contribution in [0.1, 0.15) is 271 Å². The fourth-order valence-electron chi connectivity index (χ4n) is 7.21. The van der Waals surface area contributed by atoms with Crippen molar-refractivity contribution in [3.8, 4) is 0 Å². The first-order valence-corrected chi connectivity index (χ1v) is 24.0. The molecule has 0 N–H and O–H groups in total. The molecule has 0 aliphatic carbocycles. The Labute approximate surface area is 336 Å². The molecule has 0 radical (unpaired) electrons. The van der Waals surface area contributed by atoms with Crippen molar-refractivity contribution in [2.45, 2.75) is 277 Å². The van der Waals surface area contributed by atoms with Gasteiger partial charge in [0.05, 0.1) is 0 Å². The Morgan fingerprint density at radius 1 is 0.296 bits per heavy atom. The second-order valence-electron chi connectivity index (χ2n) is 16.4. The van der Waals surface area contributed by atoms with E-state index in [1.54, 1.807) is 0 Å². The average molecular weight is 765 g/mol. The summed E-state index contributed by atoms with van der Waals surface area (Å²) >= 11 is 0. The van der Waals surface area contributed by atoms with Crippen LogP contribution in [-0.2, 0) is 28.6 Å². The number of unbranched alkanes of at least 4 members (excludes halogenated alkanes) is 33. The van der Waals surface area contributed by atoms with E-state index in [0.717, 1.165) is 57.8 Å². The lowest BCUT2D eigenvalue weighted by Gasteiger charge is -2.18. The predicted octanol–water partition coefficient (Wildman–Crippen LogP) is 15.3. The summed E-state index contributed by atoms with van der Waals surface area (Å²) in [5, 5.41) is 0. The molecule has 6 nitrogen and oxygen atoms in total. The molecule has 320 valence electrons. The van der Waals surface area contributed by atoms with Gasteiger partial charge < -0.3 is 14.2 Å².